The van der Waals surface area contributed by atoms with Crippen LogP contribution in [-0.4, -0.2) is 33.6 Å². The molecule has 0 aliphatic carbocycles. The molecular weight excluding hydrogens is 353 g/mol. The van der Waals surface area contributed by atoms with E-state index in [4.69, 9.17) is 11.6 Å². The molecule has 0 spiro atoms. The summed E-state index contributed by atoms with van der Waals surface area (Å²) in [5.74, 6) is 0.222. The second-order valence-electron chi connectivity index (χ2n) is 5.90. The molecule has 0 N–H and O–H groups in total. The maximum atomic E-state index is 14.1. The number of hydrazine groups is 1. The summed E-state index contributed by atoms with van der Waals surface area (Å²) in [6, 6.07) is 10.2. The van der Waals surface area contributed by atoms with Gasteiger partial charge in [-0.05, 0) is 35.9 Å². The summed E-state index contributed by atoms with van der Waals surface area (Å²) in [6.45, 7) is 0.611. The summed E-state index contributed by atoms with van der Waals surface area (Å²) < 4.78 is 14.1. The van der Waals surface area contributed by atoms with Crippen LogP contribution >= 0.6 is 11.6 Å². The van der Waals surface area contributed by atoms with Gasteiger partial charge in [0, 0.05) is 43.0 Å². The Kier molecular flexibility index (Phi) is 4.26. The molecule has 0 aromatic carbocycles. The molecule has 4 rings (SSSR count). The summed E-state index contributed by atoms with van der Waals surface area (Å²) in [6.07, 6.45) is 7.13. The maximum absolute atomic E-state index is 14.1. The fourth-order valence-corrected chi connectivity index (χ4v) is 3.12. The van der Waals surface area contributed by atoms with Crippen molar-refractivity contribution in [2.24, 2.45) is 0 Å². The lowest BCUT2D eigenvalue weighted by Crippen LogP contribution is -2.32. The van der Waals surface area contributed by atoms with Gasteiger partial charge in [-0.3, -0.25) is 20.0 Å². The second-order valence-corrected chi connectivity index (χ2v) is 6.29. The molecule has 4 heterocycles. The fraction of sp³-hybridized carbons (Fsp3) is 0.105. The first-order valence-corrected chi connectivity index (χ1v) is 8.39. The number of anilines is 1. The zero-order chi connectivity index (χ0) is 18.1. The Labute approximate surface area is 155 Å². The Morgan fingerprint density at radius 2 is 1.96 bits per heavy atom. The van der Waals surface area contributed by atoms with Gasteiger partial charge in [0.15, 0.2) is 0 Å². The number of pyridine rings is 3. The number of halogens is 2. The van der Waals surface area contributed by atoms with Gasteiger partial charge in [0.25, 0.3) is 0 Å². The SMILES string of the molecule is CN1C=C(c2cccnc2)CN1c1cc(-c2ncccc2F)cc(Cl)n1. The normalized spacial score (nSPS) is 13.9. The molecule has 3 aromatic rings. The van der Waals surface area contributed by atoms with Crippen molar-refractivity contribution in [1.82, 2.24) is 20.0 Å². The quantitative estimate of drug-likeness (QED) is 0.654. The molecule has 0 fully saturated rings. The Morgan fingerprint density at radius 3 is 2.73 bits per heavy atom. The minimum atomic E-state index is -0.398. The molecule has 0 unspecified atom stereocenters. The van der Waals surface area contributed by atoms with Gasteiger partial charge in [0.05, 0.1) is 6.54 Å². The highest BCUT2D eigenvalue weighted by molar-refractivity contribution is 6.29. The van der Waals surface area contributed by atoms with E-state index in [2.05, 4.69) is 15.0 Å². The van der Waals surface area contributed by atoms with E-state index in [0.717, 1.165) is 11.1 Å². The van der Waals surface area contributed by atoms with Crippen molar-refractivity contribution in [3.63, 3.8) is 0 Å². The average Bonchev–Trinajstić information content (AvgIpc) is 3.04. The first-order chi connectivity index (χ1) is 12.6. The van der Waals surface area contributed by atoms with Gasteiger partial charge in [-0.2, -0.15) is 0 Å². The molecule has 0 radical (unpaired) electrons. The molecule has 1 aliphatic rings. The van der Waals surface area contributed by atoms with Crippen molar-refractivity contribution >= 4 is 23.0 Å². The third-order valence-electron chi connectivity index (χ3n) is 4.15. The minimum Gasteiger partial charge on any atom is -0.294 e. The summed E-state index contributed by atoms with van der Waals surface area (Å²) in [5.41, 5.74) is 2.98. The van der Waals surface area contributed by atoms with Crippen LogP contribution in [-0.2, 0) is 0 Å². The van der Waals surface area contributed by atoms with Gasteiger partial charge in [0.2, 0.25) is 0 Å². The second kappa shape index (κ2) is 6.72. The standard InChI is InChI=1S/C19H15ClFN5/c1-25-11-15(13-4-2-6-22-10-13)12-26(25)18-9-14(8-17(20)24-18)19-16(21)5-3-7-23-19/h2-11H,12H2,1H3. The topological polar surface area (TPSA) is 45.2 Å². The van der Waals surface area contributed by atoms with Crippen LogP contribution in [0, 0.1) is 5.82 Å². The van der Waals surface area contributed by atoms with Gasteiger partial charge < -0.3 is 0 Å². The van der Waals surface area contributed by atoms with E-state index in [0.29, 0.717) is 17.9 Å². The Hall–Kier alpha value is -2.99. The van der Waals surface area contributed by atoms with Crippen LogP contribution in [0.1, 0.15) is 5.56 Å². The van der Waals surface area contributed by atoms with Crippen molar-refractivity contribution in [3.05, 3.63) is 77.7 Å². The van der Waals surface area contributed by atoms with E-state index in [-0.39, 0.29) is 10.8 Å². The van der Waals surface area contributed by atoms with Crippen LogP contribution in [0.4, 0.5) is 10.2 Å². The number of rotatable bonds is 3. The molecule has 7 heteroatoms. The Balaban J connectivity index is 1.68. The van der Waals surface area contributed by atoms with Crippen molar-refractivity contribution in [2.75, 3.05) is 18.6 Å². The average molecular weight is 368 g/mol. The lowest BCUT2D eigenvalue weighted by Gasteiger charge is -2.26. The summed E-state index contributed by atoms with van der Waals surface area (Å²) in [4.78, 5) is 12.7. The van der Waals surface area contributed by atoms with Gasteiger partial charge >= 0.3 is 0 Å². The van der Waals surface area contributed by atoms with Crippen LogP contribution in [0.3, 0.4) is 0 Å². The number of aromatic nitrogens is 3. The van der Waals surface area contributed by atoms with Crippen LogP contribution in [0.5, 0.6) is 0 Å². The lowest BCUT2D eigenvalue weighted by molar-refractivity contribution is 0.451. The minimum absolute atomic E-state index is 0.250. The van der Waals surface area contributed by atoms with Crippen molar-refractivity contribution in [1.29, 1.82) is 0 Å². The van der Waals surface area contributed by atoms with Crippen molar-refractivity contribution < 1.29 is 4.39 Å². The molecule has 26 heavy (non-hydrogen) atoms. The van der Waals surface area contributed by atoms with E-state index in [1.165, 1.54) is 6.07 Å². The summed E-state index contributed by atoms with van der Waals surface area (Å²) >= 11 is 6.20. The van der Waals surface area contributed by atoms with Crippen molar-refractivity contribution in [3.8, 4) is 11.3 Å². The lowest BCUT2D eigenvalue weighted by atomic mass is 10.1. The van der Waals surface area contributed by atoms with Gasteiger partial charge in [-0.15, -0.1) is 0 Å². The van der Waals surface area contributed by atoms with Crippen LogP contribution in [0.25, 0.3) is 16.8 Å². The summed E-state index contributed by atoms with van der Waals surface area (Å²) in [5, 5.41) is 4.17. The first kappa shape index (κ1) is 16.5. The Bertz CT molecular complexity index is 977. The zero-order valence-corrected chi connectivity index (χ0v) is 14.7. The molecule has 130 valence electrons. The molecule has 0 saturated heterocycles. The Morgan fingerprint density at radius 1 is 1.12 bits per heavy atom. The summed E-state index contributed by atoms with van der Waals surface area (Å²) in [7, 11) is 1.92. The molecule has 0 saturated carbocycles. The molecule has 3 aromatic heterocycles. The largest absolute Gasteiger partial charge is 0.294 e. The smallest absolute Gasteiger partial charge is 0.149 e. The molecular formula is C19H15ClFN5. The zero-order valence-electron chi connectivity index (χ0n) is 14.0. The van der Waals surface area contributed by atoms with Gasteiger partial charge in [-0.1, -0.05) is 17.7 Å². The monoisotopic (exact) mass is 367 g/mol. The van der Waals surface area contributed by atoms with Crippen LogP contribution in [0.2, 0.25) is 5.15 Å². The maximum Gasteiger partial charge on any atom is 0.149 e. The number of nitrogens with zero attached hydrogens (tertiary/aromatic N) is 5. The number of hydrogen-bond acceptors (Lipinski definition) is 5. The highest BCUT2D eigenvalue weighted by Crippen LogP contribution is 2.31. The van der Waals surface area contributed by atoms with Crippen molar-refractivity contribution in [2.45, 2.75) is 0 Å². The molecule has 0 bridgehead atoms. The van der Waals surface area contributed by atoms with Gasteiger partial charge in [-0.25, -0.2) is 9.37 Å². The highest BCUT2D eigenvalue weighted by Gasteiger charge is 2.23. The predicted molar refractivity (Wildman–Crippen MR) is 99.8 cm³/mol. The predicted octanol–water partition coefficient (Wildman–Crippen LogP) is 4.04. The third kappa shape index (κ3) is 3.11. The van der Waals surface area contributed by atoms with E-state index >= 15 is 0 Å². The molecule has 0 amide bonds. The van der Waals surface area contributed by atoms with E-state index < -0.39 is 5.82 Å². The van der Waals surface area contributed by atoms with Gasteiger partial charge in [0.1, 0.15) is 22.5 Å². The van der Waals surface area contributed by atoms with Crippen LogP contribution < -0.4 is 5.01 Å². The van der Waals surface area contributed by atoms with Crippen LogP contribution in [0.15, 0.2) is 61.2 Å². The third-order valence-corrected chi connectivity index (χ3v) is 4.35. The fourth-order valence-electron chi connectivity index (χ4n) is 2.92. The first-order valence-electron chi connectivity index (χ1n) is 8.01. The van der Waals surface area contributed by atoms with E-state index in [1.54, 1.807) is 30.6 Å². The molecule has 5 nitrogen and oxygen atoms in total. The number of hydrogen-bond donors (Lipinski definition) is 0. The molecule has 1 aliphatic heterocycles. The highest BCUT2D eigenvalue weighted by atomic mass is 35.5. The molecule has 0 atom stereocenters. The van der Waals surface area contributed by atoms with E-state index in [1.807, 2.05) is 41.6 Å². The van der Waals surface area contributed by atoms with E-state index in [9.17, 15) is 4.39 Å².